The number of hydrogen-bond acceptors (Lipinski definition) is 2. The molecule has 0 unspecified atom stereocenters. The predicted octanol–water partition coefficient (Wildman–Crippen LogP) is 12.8. The van der Waals surface area contributed by atoms with Gasteiger partial charge >= 0.3 is 0 Å². The minimum absolute atomic E-state index is 0.847. The van der Waals surface area contributed by atoms with Gasteiger partial charge in [0.05, 0.1) is 44.5 Å². The first-order valence-electron chi connectivity index (χ1n) is 18.3. The van der Waals surface area contributed by atoms with Crippen LogP contribution in [0, 0.1) is 0 Å². The number of para-hydroxylation sites is 3. The van der Waals surface area contributed by atoms with Crippen LogP contribution in [0.1, 0.15) is 0 Å². The highest BCUT2D eigenvalue weighted by molar-refractivity contribution is 6.19. The van der Waals surface area contributed by atoms with Crippen LogP contribution in [0.5, 0.6) is 0 Å². The van der Waals surface area contributed by atoms with Crippen molar-refractivity contribution in [2.45, 2.75) is 0 Å². The fourth-order valence-corrected chi connectivity index (χ4v) is 8.20. The number of hydrogen-bond donors (Lipinski definition) is 0. The lowest BCUT2D eigenvalue weighted by atomic mass is 10.00. The maximum Gasteiger partial charge on any atom is 0.0973 e. The van der Waals surface area contributed by atoms with E-state index in [0.29, 0.717) is 0 Å². The molecule has 0 bridgehead atoms. The van der Waals surface area contributed by atoms with Crippen LogP contribution in [-0.2, 0) is 0 Å². The Balaban J connectivity index is 1.14. The van der Waals surface area contributed by atoms with Crippen LogP contribution in [0.25, 0.3) is 99.7 Å². The van der Waals surface area contributed by atoms with Gasteiger partial charge in [-0.15, -0.1) is 0 Å². The Morgan fingerprint density at radius 2 is 0.741 bits per heavy atom. The second kappa shape index (κ2) is 12.1. The number of benzene rings is 8. The molecule has 0 amide bonds. The summed E-state index contributed by atoms with van der Waals surface area (Å²) < 4.78 is 4.77. The molecule has 8 aromatic carbocycles. The summed E-state index contributed by atoms with van der Waals surface area (Å²) in [6.45, 7) is 0. The number of fused-ring (bicyclic) bond motifs is 7. The highest BCUT2D eigenvalue weighted by Crippen LogP contribution is 2.40. The Bertz CT molecular complexity index is 3180. The standard InChI is InChI=1S/C50H32N4/c1-4-14-33(15-5-1)34-24-26-36(27-25-34)50-49(35-16-6-2-7-17-35)51-43-29-28-38(30-44(43)52-50)54-46-23-13-11-21-40(46)42-31-41-39-20-10-12-22-45(39)53(47(41)32-48(42)54)37-18-8-3-9-19-37/h1-32H. The molecule has 11 aromatic rings. The quantitative estimate of drug-likeness (QED) is 0.180. The first-order chi connectivity index (χ1) is 26.8. The summed E-state index contributed by atoms with van der Waals surface area (Å²) in [4.78, 5) is 10.7. The van der Waals surface area contributed by atoms with Crippen molar-refractivity contribution in [1.29, 1.82) is 0 Å². The second-order valence-corrected chi connectivity index (χ2v) is 13.8. The van der Waals surface area contributed by atoms with Crippen LogP contribution in [0.4, 0.5) is 0 Å². The normalized spacial score (nSPS) is 11.7. The third kappa shape index (κ3) is 4.78. The average molecular weight is 689 g/mol. The van der Waals surface area contributed by atoms with E-state index in [0.717, 1.165) is 56.0 Å². The Morgan fingerprint density at radius 1 is 0.278 bits per heavy atom. The molecule has 0 N–H and O–H groups in total. The Hall–Kier alpha value is -7.30. The molecule has 3 heterocycles. The molecule has 4 nitrogen and oxygen atoms in total. The molecule has 0 saturated carbocycles. The van der Waals surface area contributed by atoms with E-state index in [4.69, 9.17) is 9.97 Å². The highest BCUT2D eigenvalue weighted by Gasteiger charge is 2.20. The monoisotopic (exact) mass is 688 g/mol. The summed E-state index contributed by atoms with van der Waals surface area (Å²) >= 11 is 0. The first-order valence-corrected chi connectivity index (χ1v) is 18.3. The van der Waals surface area contributed by atoms with E-state index in [1.54, 1.807) is 0 Å². The fraction of sp³-hybridized carbons (Fsp3) is 0. The van der Waals surface area contributed by atoms with Gasteiger partial charge in [-0.25, -0.2) is 9.97 Å². The maximum atomic E-state index is 5.41. The fourth-order valence-electron chi connectivity index (χ4n) is 8.20. The molecule has 0 radical (unpaired) electrons. The lowest BCUT2D eigenvalue weighted by molar-refractivity contribution is 1.16. The maximum absolute atomic E-state index is 5.41. The van der Waals surface area contributed by atoms with E-state index >= 15 is 0 Å². The van der Waals surface area contributed by atoms with E-state index < -0.39 is 0 Å². The lowest BCUT2D eigenvalue weighted by Crippen LogP contribution is -1.99. The number of nitrogens with zero attached hydrogens (tertiary/aromatic N) is 4. The number of aromatic nitrogens is 4. The van der Waals surface area contributed by atoms with Gasteiger partial charge in [-0.1, -0.05) is 140 Å². The number of rotatable bonds is 5. The van der Waals surface area contributed by atoms with Gasteiger partial charge in [0.25, 0.3) is 0 Å². The van der Waals surface area contributed by atoms with Gasteiger partial charge in [0.1, 0.15) is 0 Å². The van der Waals surface area contributed by atoms with E-state index in [1.165, 1.54) is 43.7 Å². The Labute approximate surface area is 311 Å². The van der Waals surface area contributed by atoms with E-state index in [1.807, 2.05) is 12.1 Å². The third-order valence-corrected chi connectivity index (χ3v) is 10.7. The van der Waals surface area contributed by atoms with Gasteiger partial charge in [0, 0.05) is 44.0 Å². The van der Waals surface area contributed by atoms with Crippen molar-refractivity contribution in [2.75, 3.05) is 0 Å². The van der Waals surface area contributed by atoms with Crippen LogP contribution in [-0.4, -0.2) is 19.1 Å². The molecule has 4 heteroatoms. The predicted molar refractivity (Wildman–Crippen MR) is 225 cm³/mol. The molecule has 0 fully saturated rings. The van der Waals surface area contributed by atoms with E-state index in [9.17, 15) is 0 Å². The minimum atomic E-state index is 0.847. The molecule has 0 atom stereocenters. The summed E-state index contributed by atoms with van der Waals surface area (Å²) in [7, 11) is 0. The van der Waals surface area contributed by atoms with E-state index in [2.05, 4.69) is 191 Å². The summed E-state index contributed by atoms with van der Waals surface area (Å²) in [5.74, 6) is 0. The highest BCUT2D eigenvalue weighted by atomic mass is 15.0. The van der Waals surface area contributed by atoms with Crippen molar-refractivity contribution in [3.63, 3.8) is 0 Å². The van der Waals surface area contributed by atoms with Crippen molar-refractivity contribution >= 4 is 54.6 Å². The zero-order valence-electron chi connectivity index (χ0n) is 29.3. The SMILES string of the molecule is c1ccc(-c2ccc(-c3nc4cc(-n5c6ccccc6c6cc7c8ccccc8n(-c8ccccc8)c7cc65)ccc4nc3-c3ccccc3)cc2)cc1. The average Bonchev–Trinajstić information content (AvgIpc) is 3.75. The van der Waals surface area contributed by atoms with Gasteiger partial charge in [-0.05, 0) is 65.7 Å². The third-order valence-electron chi connectivity index (χ3n) is 10.7. The van der Waals surface area contributed by atoms with Crippen LogP contribution in [0.2, 0.25) is 0 Å². The van der Waals surface area contributed by atoms with E-state index in [-0.39, 0.29) is 0 Å². The van der Waals surface area contributed by atoms with Crippen molar-refractivity contribution < 1.29 is 0 Å². The van der Waals surface area contributed by atoms with Crippen molar-refractivity contribution in [3.8, 4) is 45.0 Å². The van der Waals surface area contributed by atoms with Gasteiger partial charge in [-0.2, -0.15) is 0 Å². The molecular weight excluding hydrogens is 657 g/mol. The zero-order chi connectivity index (χ0) is 35.6. The molecule has 11 rings (SSSR count). The molecule has 0 aliphatic heterocycles. The van der Waals surface area contributed by atoms with Crippen molar-refractivity contribution in [3.05, 3.63) is 194 Å². The molecule has 0 saturated heterocycles. The summed E-state index contributed by atoms with van der Waals surface area (Å²) in [5, 5.41) is 4.93. The molecule has 0 spiro atoms. The van der Waals surface area contributed by atoms with Crippen LogP contribution >= 0.6 is 0 Å². The van der Waals surface area contributed by atoms with Crippen LogP contribution in [0.3, 0.4) is 0 Å². The van der Waals surface area contributed by atoms with Gasteiger partial charge in [0.2, 0.25) is 0 Å². The minimum Gasteiger partial charge on any atom is -0.309 e. The first kappa shape index (κ1) is 30.3. The molecular formula is C50H32N4. The molecule has 0 aliphatic rings. The summed E-state index contributed by atoms with van der Waals surface area (Å²) in [6.07, 6.45) is 0. The van der Waals surface area contributed by atoms with Crippen LogP contribution in [0.15, 0.2) is 194 Å². The van der Waals surface area contributed by atoms with Gasteiger partial charge in [-0.3, -0.25) is 0 Å². The largest absolute Gasteiger partial charge is 0.309 e. The summed E-state index contributed by atoms with van der Waals surface area (Å²) in [5.41, 5.74) is 14.7. The smallest absolute Gasteiger partial charge is 0.0973 e. The molecule has 0 aliphatic carbocycles. The van der Waals surface area contributed by atoms with Crippen molar-refractivity contribution in [1.82, 2.24) is 19.1 Å². The van der Waals surface area contributed by atoms with Crippen LogP contribution < -0.4 is 0 Å². The summed E-state index contributed by atoms with van der Waals surface area (Å²) in [6, 6.07) is 68.9. The van der Waals surface area contributed by atoms with Gasteiger partial charge in [0.15, 0.2) is 0 Å². The molecule has 54 heavy (non-hydrogen) atoms. The van der Waals surface area contributed by atoms with Crippen molar-refractivity contribution in [2.24, 2.45) is 0 Å². The Morgan fingerprint density at radius 3 is 1.37 bits per heavy atom. The van der Waals surface area contributed by atoms with Gasteiger partial charge < -0.3 is 9.13 Å². The topological polar surface area (TPSA) is 35.6 Å². The second-order valence-electron chi connectivity index (χ2n) is 13.8. The Kier molecular flexibility index (Phi) is 6.82. The lowest BCUT2D eigenvalue weighted by Gasteiger charge is -2.13. The zero-order valence-corrected chi connectivity index (χ0v) is 29.3. The molecule has 252 valence electrons. The molecule has 3 aromatic heterocycles.